The van der Waals surface area contributed by atoms with Crippen molar-refractivity contribution in [1.82, 2.24) is 4.90 Å². The van der Waals surface area contributed by atoms with Gasteiger partial charge in [0.25, 0.3) is 0 Å². The molecule has 5 nitrogen and oxygen atoms in total. The molecule has 31 heavy (non-hydrogen) atoms. The first-order valence-electron chi connectivity index (χ1n) is 12.6. The molecule has 5 aliphatic rings. The zero-order chi connectivity index (χ0) is 21.6. The molecule has 1 aliphatic heterocycles. The van der Waals surface area contributed by atoms with E-state index in [9.17, 15) is 9.59 Å². The first-order valence-corrected chi connectivity index (χ1v) is 12.6. The van der Waals surface area contributed by atoms with Gasteiger partial charge in [0.15, 0.2) is 0 Å². The van der Waals surface area contributed by atoms with E-state index in [0.717, 1.165) is 77.8 Å². The monoisotopic (exact) mass is 429 g/mol. The Kier molecular flexibility index (Phi) is 5.79. The standard InChI is InChI=1S/C26H39NO4/c1-25-10-7-19(31-24(29)9-12-27-13-15-30-16-14-27)17-18(25)3-4-20-21-5-6-23(28)26(21,2)11-8-22(20)25/h3,19-22H,4-17H2,1-2H3/t19-,20+,21-,22+,25-,26-/m0/s1. The summed E-state index contributed by atoms with van der Waals surface area (Å²) in [5.74, 6) is 2.39. The van der Waals surface area contributed by atoms with Gasteiger partial charge in [0.2, 0.25) is 0 Å². The van der Waals surface area contributed by atoms with Crippen LogP contribution in [0.1, 0.15) is 71.6 Å². The third kappa shape index (κ3) is 3.80. The number of carbonyl (C=O) groups excluding carboxylic acids is 2. The van der Waals surface area contributed by atoms with Crippen molar-refractivity contribution >= 4 is 11.8 Å². The topological polar surface area (TPSA) is 55.8 Å². The maximum Gasteiger partial charge on any atom is 0.307 e. The van der Waals surface area contributed by atoms with Gasteiger partial charge < -0.3 is 9.47 Å². The molecule has 172 valence electrons. The third-order valence-electron chi connectivity index (χ3n) is 9.80. The third-order valence-corrected chi connectivity index (χ3v) is 9.80. The average Bonchev–Trinajstić information content (AvgIpc) is 3.08. The van der Waals surface area contributed by atoms with Gasteiger partial charge in [-0.25, -0.2) is 0 Å². The molecule has 0 N–H and O–H groups in total. The molecule has 1 saturated heterocycles. The van der Waals surface area contributed by atoms with Crippen LogP contribution in [0.15, 0.2) is 11.6 Å². The first kappa shape index (κ1) is 21.6. The Morgan fingerprint density at radius 1 is 1.13 bits per heavy atom. The smallest absolute Gasteiger partial charge is 0.307 e. The van der Waals surface area contributed by atoms with Crippen LogP contribution in [0.2, 0.25) is 0 Å². The van der Waals surface area contributed by atoms with Gasteiger partial charge in [-0.2, -0.15) is 0 Å². The summed E-state index contributed by atoms with van der Waals surface area (Å²) in [6.07, 6.45) is 11.2. The Hall–Kier alpha value is -1.20. The summed E-state index contributed by atoms with van der Waals surface area (Å²) in [5.41, 5.74) is 1.70. The van der Waals surface area contributed by atoms with Gasteiger partial charge in [-0.05, 0) is 61.7 Å². The fourth-order valence-electron chi connectivity index (χ4n) is 7.82. The molecular formula is C26H39NO4. The van der Waals surface area contributed by atoms with E-state index in [1.807, 2.05) is 0 Å². The second kappa shape index (κ2) is 8.30. The van der Waals surface area contributed by atoms with Gasteiger partial charge in [0, 0.05) is 37.9 Å². The lowest BCUT2D eigenvalue weighted by Gasteiger charge is -2.56. The predicted molar refractivity (Wildman–Crippen MR) is 118 cm³/mol. The van der Waals surface area contributed by atoms with Crippen LogP contribution in [-0.4, -0.2) is 55.6 Å². The minimum absolute atomic E-state index is 0.0370. The largest absolute Gasteiger partial charge is 0.462 e. The van der Waals surface area contributed by atoms with Crippen molar-refractivity contribution in [3.8, 4) is 0 Å². The Bertz CT molecular complexity index is 757. The number of esters is 1. The number of hydrogen-bond acceptors (Lipinski definition) is 5. The minimum atomic E-state index is -0.0594. The number of ether oxygens (including phenoxy) is 2. The van der Waals surface area contributed by atoms with Crippen LogP contribution in [0, 0.1) is 28.6 Å². The van der Waals surface area contributed by atoms with Gasteiger partial charge >= 0.3 is 5.97 Å². The highest BCUT2D eigenvalue weighted by molar-refractivity contribution is 5.87. The summed E-state index contributed by atoms with van der Waals surface area (Å²) >= 11 is 0. The maximum atomic E-state index is 12.6. The quantitative estimate of drug-likeness (QED) is 0.496. The van der Waals surface area contributed by atoms with E-state index in [1.165, 1.54) is 12.0 Å². The molecule has 5 rings (SSSR count). The van der Waals surface area contributed by atoms with Gasteiger partial charge in [-0.3, -0.25) is 14.5 Å². The molecule has 0 bridgehead atoms. The number of morpholine rings is 1. The van der Waals surface area contributed by atoms with Gasteiger partial charge in [0.1, 0.15) is 11.9 Å². The summed E-state index contributed by atoms with van der Waals surface area (Å²) in [7, 11) is 0. The molecule has 0 aromatic carbocycles. The van der Waals surface area contributed by atoms with Crippen LogP contribution in [0.25, 0.3) is 0 Å². The fraction of sp³-hybridized carbons (Fsp3) is 0.846. The molecule has 0 radical (unpaired) electrons. The SMILES string of the molecule is C[C@]12CC[C@H](OC(=O)CCN3CCOCC3)CC1=CC[C@H]1[C@H]2CC[C@]2(C)C(=O)CC[C@@H]12. The van der Waals surface area contributed by atoms with Crippen LogP contribution in [0.3, 0.4) is 0 Å². The van der Waals surface area contributed by atoms with E-state index < -0.39 is 0 Å². The second-order valence-corrected chi connectivity index (χ2v) is 11.2. The predicted octanol–water partition coefficient (Wildman–Crippen LogP) is 4.15. The molecule has 5 heteroatoms. The normalized spacial score (nSPS) is 42.9. The number of carbonyl (C=O) groups is 2. The van der Waals surface area contributed by atoms with Crippen LogP contribution in [0.5, 0.6) is 0 Å². The molecule has 1 heterocycles. The van der Waals surface area contributed by atoms with Gasteiger partial charge in [0.05, 0.1) is 19.6 Å². The minimum Gasteiger partial charge on any atom is -0.462 e. The second-order valence-electron chi connectivity index (χ2n) is 11.2. The van der Waals surface area contributed by atoms with Crippen molar-refractivity contribution in [2.24, 2.45) is 28.6 Å². The zero-order valence-electron chi connectivity index (χ0n) is 19.4. The van der Waals surface area contributed by atoms with Crippen molar-refractivity contribution < 1.29 is 19.1 Å². The Morgan fingerprint density at radius 3 is 2.68 bits per heavy atom. The van der Waals surface area contributed by atoms with Crippen molar-refractivity contribution in [2.45, 2.75) is 77.7 Å². The highest BCUT2D eigenvalue weighted by Crippen LogP contribution is 2.64. The highest BCUT2D eigenvalue weighted by atomic mass is 16.5. The zero-order valence-corrected chi connectivity index (χ0v) is 19.4. The van der Waals surface area contributed by atoms with Gasteiger partial charge in [-0.1, -0.05) is 25.5 Å². The van der Waals surface area contributed by atoms with Crippen molar-refractivity contribution in [1.29, 1.82) is 0 Å². The Labute approximate surface area is 186 Å². The average molecular weight is 430 g/mol. The van der Waals surface area contributed by atoms with E-state index in [1.54, 1.807) is 0 Å². The van der Waals surface area contributed by atoms with Crippen LogP contribution >= 0.6 is 0 Å². The summed E-state index contributed by atoms with van der Waals surface area (Å²) in [4.78, 5) is 27.4. The number of ketones is 1. The lowest BCUT2D eigenvalue weighted by atomic mass is 9.48. The fourth-order valence-corrected chi connectivity index (χ4v) is 7.82. The number of hydrogen-bond donors (Lipinski definition) is 0. The first-order chi connectivity index (χ1) is 14.9. The molecule has 0 aromatic heterocycles. The number of Topliss-reactive ketones (excluding diaryl/α,β-unsaturated/α-hetero) is 1. The molecule has 4 aliphatic carbocycles. The lowest BCUT2D eigenvalue weighted by Crippen LogP contribution is -2.50. The van der Waals surface area contributed by atoms with E-state index in [4.69, 9.17) is 9.47 Å². The van der Waals surface area contributed by atoms with E-state index in [0.29, 0.717) is 30.0 Å². The summed E-state index contributed by atoms with van der Waals surface area (Å²) in [6.45, 7) is 8.84. The number of rotatable bonds is 4. The number of nitrogens with zero attached hydrogens (tertiary/aromatic N) is 1. The van der Waals surface area contributed by atoms with Crippen molar-refractivity contribution in [2.75, 3.05) is 32.8 Å². The molecule has 0 aromatic rings. The van der Waals surface area contributed by atoms with Gasteiger partial charge in [-0.15, -0.1) is 0 Å². The molecule has 3 saturated carbocycles. The van der Waals surface area contributed by atoms with Crippen molar-refractivity contribution in [3.63, 3.8) is 0 Å². The summed E-state index contributed by atoms with van der Waals surface area (Å²) < 4.78 is 11.3. The highest BCUT2D eigenvalue weighted by Gasteiger charge is 2.58. The van der Waals surface area contributed by atoms with Crippen LogP contribution in [0.4, 0.5) is 0 Å². The van der Waals surface area contributed by atoms with Crippen molar-refractivity contribution in [3.05, 3.63) is 11.6 Å². The Morgan fingerprint density at radius 2 is 1.87 bits per heavy atom. The molecule has 6 atom stereocenters. The molecular weight excluding hydrogens is 390 g/mol. The molecule has 0 amide bonds. The summed E-state index contributed by atoms with van der Waals surface area (Å²) in [5, 5.41) is 0. The van der Waals surface area contributed by atoms with Crippen LogP contribution in [-0.2, 0) is 19.1 Å². The van der Waals surface area contributed by atoms with E-state index >= 15 is 0 Å². The van der Waals surface area contributed by atoms with E-state index in [2.05, 4.69) is 24.8 Å². The molecule has 0 spiro atoms. The Balaban J connectivity index is 1.20. The molecule has 4 fully saturated rings. The lowest BCUT2D eigenvalue weighted by molar-refractivity contribution is -0.152. The number of allylic oxidation sites excluding steroid dienone is 1. The van der Waals surface area contributed by atoms with E-state index in [-0.39, 0.29) is 22.9 Å². The number of fused-ring (bicyclic) bond motifs is 5. The van der Waals surface area contributed by atoms with Crippen LogP contribution < -0.4 is 0 Å². The summed E-state index contributed by atoms with van der Waals surface area (Å²) in [6, 6.07) is 0. The molecule has 0 unspecified atom stereocenters. The maximum absolute atomic E-state index is 12.6.